The number of hydrogen-bond donors (Lipinski definition) is 2. The van der Waals surface area contributed by atoms with Gasteiger partial charge in [0.05, 0.1) is 0 Å². The Bertz CT molecular complexity index is 253. The Morgan fingerprint density at radius 3 is 2.94 bits per heavy atom. The van der Waals surface area contributed by atoms with Gasteiger partial charge in [-0.2, -0.15) is 0 Å². The van der Waals surface area contributed by atoms with Crippen molar-refractivity contribution in [3.8, 4) is 0 Å². The molecular formula is C13H25N3O. The van der Waals surface area contributed by atoms with Gasteiger partial charge >= 0.3 is 0 Å². The standard InChI is InChI=1S/C13H25N3O/c1-2-16(12-5-6-12)9-8-14-11-4-3-7-15-13(17)10-11/h11-12,14H,2-10H2,1H3,(H,15,17). The summed E-state index contributed by atoms with van der Waals surface area (Å²) in [5, 5.41) is 6.46. The minimum atomic E-state index is 0.203. The van der Waals surface area contributed by atoms with Gasteiger partial charge in [-0.1, -0.05) is 6.92 Å². The summed E-state index contributed by atoms with van der Waals surface area (Å²) in [5.74, 6) is 0.203. The second kappa shape index (κ2) is 6.36. The van der Waals surface area contributed by atoms with Crippen molar-refractivity contribution in [1.82, 2.24) is 15.5 Å². The molecule has 2 N–H and O–H groups in total. The Balaban J connectivity index is 1.64. The minimum Gasteiger partial charge on any atom is -0.356 e. The Kier molecular flexibility index (Phi) is 4.80. The number of nitrogens with one attached hydrogen (secondary N) is 2. The zero-order valence-corrected chi connectivity index (χ0v) is 10.9. The maximum absolute atomic E-state index is 11.4. The maximum atomic E-state index is 11.4. The summed E-state index contributed by atoms with van der Waals surface area (Å²) >= 11 is 0. The molecule has 0 aromatic carbocycles. The lowest BCUT2D eigenvalue weighted by Crippen LogP contribution is -2.39. The third kappa shape index (κ3) is 4.28. The van der Waals surface area contributed by atoms with E-state index in [0.717, 1.165) is 45.1 Å². The Labute approximate surface area is 104 Å². The molecule has 4 nitrogen and oxygen atoms in total. The van der Waals surface area contributed by atoms with E-state index in [-0.39, 0.29) is 5.91 Å². The Morgan fingerprint density at radius 2 is 2.24 bits per heavy atom. The van der Waals surface area contributed by atoms with Gasteiger partial charge in [0.25, 0.3) is 0 Å². The summed E-state index contributed by atoms with van der Waals surface area (Å²) in [5.41, 5.74) is 0. The van der Waals surface area contributed by atoms with Crippen LogP contribution in [0.15, 0.2) is 0 Å². The lowest BCUT2D eigenvalue weighted by atomic mass is 10.1. The lowest BCUT2D eigenvalue weighted by Gasteiger charge is -2.22. The molecule has 1 aliphatic heterocycles. The molecule has 0 aromatic heterocycles. The van der Waals surface area contributed by atoms with Crippen LogP contribution >= 0.6 is 0 Å². The van der Waals surface area contributed by atoms with E-state index in [1.807, 2.05) is 0 Å². The zero-order valence-electron chi connectivity index (χ0n) is 10.9. The van der Waals surface area contributed by atoms with Crippen molar-refractivity contribution in [2.75, 3.05) is 26.2 Å². The van der Waals surface area contributed by atoms with Crippen LogP contribution in [0.2, 0.25) is 0 Å². The van der Waals surface area contributed by atoms with Gasteiger partial charge in [0.15, 0.2) is 0 Å². The van der Waals surface area contributed by atoms with Crippen molar-refractivity contribution < 1.29 is 4.79 Å². The molecule has 2 aliphatic rings. The fourth-order valence-electron chi connectivity index (χ4n) is 2.60. The lowest BCUT2D eigenvalue weighted by molar-refractivity contribution is -0.121. The van der Waals surface area contributed by atoms with Crippen LogP contribution < -0.4 is 10.6 Å². The topological polar surface area (TPSA) is 44.4 Å². The molecule has 1 amide bonds. The Hall–Kier alpha value is -0.610. The van der Waals surface area contributed by atoms with Crippen LogP contribution in [-0.2, 0) is 4.79 Å². The van der Waals surface area contributed by atoms with E-state index in [1.165, 1.54) is 12.8 Å². The third-order valence-corrected chi connectivity index (χ3v) is 3.78. The van der Waals surface area contributed by atoms with Gasteiger partial charge in [0.1, 0.15) is 0 Å². The molecular weight excluding hydrogens is 214 g/mol. The molecule has 1 saturated heterocycles. The Morgan fingerprint density at radius 1 is 1.41 bits per heavy atom. The van der Waals surface area contributed by atoms with Crippen LogP contribution in [0.4, 0.5) is 0 Å². The molecule has 0 bridgehead atoms. The van der Waals surface area contributed by atoms with E-state index in [2.05, 4.69) is 22.5 Å². The number of likely N-dealkylation sites (N-methyl/N-ethyl adjacent to an activating group) is 1. The molecule has 0 spiro atoms. The molecule has 4 heteroatoms. The molecule has 0 aromatic rings. The molecule has 1 saturated carbocycles. The van der Waals surface area contributed by atoms with Crippen LogP contribution in [0, 0.1) is 0 Å². The molecule has 1 unspecified atom stereocenters. The summed E-state index contributed by atoms with van der Waals surface area (Å²) in [6.45, 7) is 6.37. The van der Waals surface area contributed by atoms with E-state index in [4.69, 9.17) is 0 Å². The second-order valence-corrected chi connectivity index (χ2v) is 5.21. The second-order valence-electron chi connectivity index (χ2n) is 5.21. The van der Waals surface area contributed by atoms with E-state index < -0.39 is 0 Å². The van der Waals surface area contributed by atoms with Gasteiger partial charge in [-0.25, -0.2) is 0 Å². The highest BCUT2D eigenvalue weighted by molar-refractivity contribution is 5.76. The van der Waals surface area contributed by atoms with Crippen molar-refractivity contribution in [2.45, 2.75) is 51.1 Å². The SMILES string of the molecule is CCN(CCNC1CCCNC(=O)C1)C1CC1. The van der Waals surface area contributed by atoms with Crippen LogP contribution in [0.1, 0.15) is 39.0 Å². The molecule has 2 fully saturated rings. The summed E-state index contributed by atoms with van der Waals surface area (Å²) in [7, 11) is 0. The van der Waals surface area contributed by atoms with Crippen LogP contribution in [0.25, 0.3) is 0 Å². The first kappa shape index (κ1) is 12.8. The highest BCUT2D eigenvalue weighted by atomic mass is 16.1. The average molecular weight is 239 g/mol. The van der Waals surface area contributed by atoms with E-state index in [9.17, 15) is 4.79 Å². The predicted molar refractivity (Wildman–Crippen MR) is 68.9 cm³/mol. The monoisotopic (exact) mass is 239 g/mol. The number of carbonyl (C=O) groups is 1. The third-order valence-electron chi connectivity index (χ3n) is 3.78. The zero-order chi connectivity index (χ0) is 12.1. The largest absolute Gasteiger partial charge is 0.356 e. The van der Waals surface area contributed by atoms with Crippen molar-refractivity contribution in [3.63, 3.8) is 0 Å². The van der Waals surface area contributed by atoms with Gasteiger partial charge in [-0.05, 0) is 32.2 Å². The highest BCUT2D eigenvalue weighted by Crippen LogP contribution is 2.25. The van der Waals surface area contributed by atoms with Crippen molar-refractivity contribution in [3.05, 3.63) is 0 Å². The number of hydrogen-bond acceptors (Lipinski definition) is 3. The van der Waals surface area contributed by atoms with E-state index >= 15 is 0 Å². The molecule has 98 valence electrons. The molecule has 17 heavy (non-hydrogen) atoms. The van der Waals surface area contributed by atoms with Gasteiger partial charge in [0.2, 0.25) is 5.91 Å². The van der Waals surface area contributed by atoms with Crippen LogP contribution in [0.5, 0.6) is 0 Å². The highest BCUT2D eigenvalue weighted by Gasteiger charge is 2.27. The minimum absolute atomic E-state index is 0.203. The number of amides is 1. The predicted octanol–water partition coefficient (Wildman–Crippen LogP) is 0.729. The van der Waals surface area contributed by atoms with Crippen molar-refractivity contribution in [2.24, 2.45) is 0 Å². The van der Waals surface area contributed by atoms with Crippen LogP contribution in [-0.4, -0.2) is 49.1 Å². The normalized spacial score (nSPS) is 25.8. The fourth-order valence-corrected chi connectivity index (χ4v) is 2.60. The summed E-state index contributed by atoms with van der Waals surface area (Å²) in [6.07, 6.45) is 5.62. The number of rotatable bonds is 6. The molecule has 1 aliphatic carbocycles. The fraction of sp³-hybridized carbons (Fsp3) is 0.923. The first-order chi connectivity index (χ1) is 8.29. The molecule has 0 radical (unpaired) electrons. The average Bonchev–Trinajstić information content (AvgIpc) is 3.13. The first-order valence-corrected chi connectivity index (χ1v) is 7.03. The number of carbonyl (C=O) groups excluding carboxylic acids is 1. The number of nitrogens with zero attached hydrogens (tertiary/aromatic N) is 1. The molecule has 1 heterocycles. The van der Waals surface area contributed by atoms with Crippen molar-refractivity contribution in [1.29, 1.82) is 0 Å². The van der Waals surface area contributed by atoms with Crippen molar-refractivity contribution >= 4 is 5.91 Å². The van der Waals surface area contributed by atoms with E-state index in [0.29, 0.717) is 12.5 Å². The summed E-state index contributed by atoms with van der Waals surface area (Å²) in [4.78, 5) is 13.9. The summed E-state index contributed by atoms with van der Waals surface area (Å²) < 4.78 is 0. The van der Waals surface area contributed by atoms with E-state index in [1.54, 1.807) is 0 Å². The molecule has 1 atom stereocenters. The first-order valence-electron chi connectivity index (χ1n) is 7.03. The summed E-state index contributed by atoms with van der Waals surface area (Å²) in [6, 6.07) is 1.23. The van der Waals surface area contributed by atoms with Gasteiger partial charge in [-0.15, -0.1) is 0 Å². The van der Waals surface area contributed by atoms with Crippen LogP contribution in [0.3, 0.4) is 0 Å². The van der Waals surface area contributed by atoms with Gasteiger partial charge in [0, 0.05) is 38.1 Å². The quantitative estimate of drug-likeness (QED) is 0.718. The van der Waals surface area contributed by atoms with Gasteiger partial charge in [-0.3, -0.25) is 9.69 Å². The van der Waals surface area contributed by atoms with Gasteiger partial charge < -0.3 is 10.6 Å². The molecule has 2 rings (SSSR count). The maximum Gasteiger partial charge on any atom is 0.221 e. The smallest absolute Gasteiger partial charge is 0.221 e.